The Morgan fingerprint density at radius 1 is 1.55 bits per heavy atom. The lowest BCUT2D eigenvalue weighted by molar-refractivity contribution is 0.329. The van der Waals surface area contributed by atoms with E-state index in [1.54, 1.807) is 5.57 Å². The van der Waals surface area contributed by atoms with Crippen LogP contribution in [0.15, 0.2) is 23.3 Å². The number of rotatable bonds is 0. The summed E-state index contributed by atoms with van der Waals surface area (Å²) in [5, 5.41) is 0. The van der Waals surface area contributed by atoms with Crippen LogP contribution in [0.1, 0.15) is 19.8 Å². The van der Waals surface area contributed by atoms with Gasteiger partial charge in [0.15, 0.2) is 0 Å². The summed E-state index contributed by atoms with van der Waals surface area (Å²) in [6.07, 6.45) is 7.22. The number of nitrogens with zero attached hydrogens (tertiary/aromatic N) is 1. The number of allylic oxidation sites excluding steroid dienone is 2. The summed E-state index contributed by atoms with van der Waals surface area (Å²) in [6.45, 7) is 3.44. The Kier molecular flexibility index (Phi) is 1.61. The van der Waals surface area contributed by atoms with Crippen LogP contribution in [0.5, 0.6) is 0 Å². The number of likely N-dealkylation sites (tertiary alicyclic amines) is 1. The van der Waals surface area contributed by atoms with E-state index in [0.717, 1.165) is 6.04 Å². The van der Waals surface area contributed by atoms with Crippen molar-refractivity contribution in [2.75, 3.05) is 13.6 Å². The molecule has 0 spiro atoms. The van der Waals surface area contributed by atoms with Crippen LogP contribution in [-0.2, 0) is 0 Å². The van der Waals surface area contributed by atoms with Gasteiger partial charge in [0.1, 0.15) is 0 Å². The zero-order valence-corrected chi connectivity index (χ0v) is 7.30. The number of likely N-dealkylation sites (N-methyl/N-ethyl adjacent to an activating group) is 1. The van der Waals surface area contributed by atoms with Crippen molar-refractivity contribution >= 4 is 0 Å². The molecule has 1 fully saturated rings. The molecule has 0 radical (unpaired) electrons. The Labute approximate surface area is 68.4 Å². The Morgan fingerprint density at radius 3 is 3.18 bits per heavy atom. The van der Waals surface area contributed by atoms with Gasteiger partial charge in [0.25, 0.3) is 0 Å². The highest BCUT2D eigenvalue weighted by molar-refractivity contribution is 5.32. The van der Waals surface area contributed by atoms with Crippen LogP contribution in [0.25, 0.3) is 0 Å². The quantitative estimate of drug-likeness (QED) is 0.509. The Balaban J connectivity index is 2.23. The highest BCUT2D eigenvalue weighted by Crippen LogP contribution is 2.29. The minimum atomic E-state index is 0.735. The van der Waals surface area contributed by atoms with Crippen molar-refractivity contribution in [1.82, 2.24) is 4.90 Å². The first-order valence-electron chi connectivity index (χ1n) is 4.35. The van der Waals surface area contributed by atoms with Gasteiger partial charge in [-0.3, -0.25) is 4.90 Å². The summed E-state index contributed by atoms with van der Waals surface area (Å²) in [4.78, 5) is 2.45. The largest absolute Gasteiger partial charge is 0.299 e. The van der Waals surface area contributed by atoms with Crippen LogP contribution in [0, 0.1) is 0 Å². The summed E-state index contributed by atoms with van der Waals surface area (Å²) in [5.74, 6) is 0. The molecule has 0 amide bonds. The second-order valence-electron chi connectivity index (χ2n) is 3.65. The average molecular weight is 149 g/mol. The highest BCUT2D eigenvalue weighted by atomic mass is 15.1. The van der Waals surface area contributed by atoms with E-state index >= 15 is 0 Å². The van der Waals surface area contributed by atoms with Gasteiger partial charge in [-0.05, 0) is 26.8 Å². The molecule has 1 aliphatic heterocycles. The monoisotopic (exact) mass is 149 g/mol. The molecule has 1 atom stereocenters. The lowest BCUT2D eigenvalue weighted by Gasteiger charge is -2.21. The second-order valence-corrected chi connectivity index (χ2v) is 3.65. The van der Waals surface area contributed by atoms with Crippen LogP contribution in [0.3, 0.4) is 0 Å². The van der Waals surface area contributed by atoms with Gasteiger partial charge in [-0.15, -0.1) is 0 Å². The fraction of sp³-hybridized carbons (Fsp3) is 0.600. The Bertz CT molecular complexity index is 225. The summed E-state index contributed by atoms with van der Waals surface area (Å²) < 4.78 is 0. The molecule has 1 saturated heterocycles. The van der Waals surface area contributed by atoms with E-state index in [4.69, 9.17) is 0 Å². The van der Waals surface area contributed by atoms with Gasteiger partial charge in [-0.1, -0.05) is 23.3 Å². The van der Waals surface area contributed by atoms with E-state index in [1.165, 1.54) is 25.0 Å². The van der Waals surface area contributed by atoms with E-state index in [0.29, 0.717) is 0 Å². The van der Waals surface area contributed by atoms with Crippen molar-refractivity contribution in [2.45, 2.75) is 25.8 Å². The maximum absolute atomic E-state index is 2.45. The molecule has 0 bridgehead atoms. The van der Waals surface area contributed by atoms with E-state index in [-0.39, 0.29) is 0 Å². The first kappa shape index (κ1) is 7.11. The minimum Gasteiger partial charge on any atom is -0.299 e. The van der Waals surface area contributed by atoms with Crippen molar-refractivity contribution in [1.29, 1.82) is 0 Å². The van der Waals surface area contributed by atoms with Crippen molar-refractivity contribution in [3.8, 4) is 0 Å². The van der Waals surface area contributed by atoms with Crippen LogP contribution in [0.4, 0.5) is 0 Å². The fourth-order valence-corrected chi connectivity index (χ4v) is 2.06. The zero-order valence-electron chi connectivity index (χ0n) is 7.30. The number of hydrogen-bond acceptors (Lipinski definition) is 1. The molecule has 0 aromatic rings. The summed E-state index contributed by atoms with van der Waals surface area (Å²) in [6, 6.07) is 0.735. The Morgan fingerprint density at radius 2 is 2.36 bits per heavy atom. The third-order valence-corrected chi connectivity index (χ3v) is 2.79. The van der Waals surface area contributed by atoms with Crippen LogP contribution in [-0.4, -0.2) is 24.5 Å². The second kappa shape index (κ2) is 2.49. The third-order valence-electron chi connectivity index (χ3n) is 2.79. The van der Waals surface area contributed by atoms with Gasteiger partial charge < -0.3 is 0 Å². The molecule has 1 heterocycles. The predicted octanol–water partition coefficient (Wildman–Crippen LogP) is 1.97. The van der Waals surface area contributed by atoms with Gasteiger partial charge in [0, 0.05) is 12.6 Å². The summed E-state index contributed by atoms with van der Waals surface area (Å²) >= 11 is 0. The van der Waals surface area contributed by atoms with Gasteiger partial charge in [0.05, 0.1) is 0 Å². The third kappa shape index (κ3) is 1.14. The molecule has 0 saturated carbocycles. The maximum atomic E-state index is 2.45. The van der Waals surface area contributed by atoms with Crippen LogP contribution < -0.4 is 0 Å². The summed E-state index contributed by atoms with van der Waals surface area (Å²) in [7, 11) is 2.22. The molecule has 1 nitrogen and oxygen atoms in total. The van der Waals surface area contributed by atoms with Crippen molar-refractivity contribution < 1.29 is 0 Å². The zero-order chi connectivity index (χ0) is 7.84. The van der Waals surface area contributed by atoms with E-state index in [9.17, 15) is 0 Å². The lowest BCUT2D eigenvalue weighted by atomic mass is 9.96. The number of hydrogen-bond donors (Lipinski definition) is 0. The minimum absolute atomic E-state index is 0.735. The molecule has 60 valence electrons. The number of fused-ring (bicyclic) bond motifs is 1. The molecule has 2 rings (SSSR count). The fourth-order valence-electron chi connectivity index (χ4n) is 2.06. The molecule has 11 heavy (non-hydrogen) atoms. The molecule has 1 aliphatic carbocycles. The normalized spacial score (nSPS) is 31.3. The molecular formula is C10H15N. The van der Waals surface area contributed by atoms with Gasteiger partial charge in [-0.2, -0.15) is 0 Å². The molecule has 0 aromatic carbocycles. The van der Waals surface area contributed by atoms with E-state index in [2.05, 4.69) is 31.0 Å². The topological polar surface area (TPSA) is 3.24 Å². The van der Waals surface area contributed by atoms with Crippen LogP contribution >= 0.6 is 0 Å². The standard InChI is InChI=1S/C10H15N/c1-8-3-4-10-9(7-8)5-6-11(10)2/h3,7,10H,4-6H2,1-2H3. The lowest BCUT2D eigenvalue weighted by Crippen LogP contribution is -2.26. The molecule has 0 N–H and O–H groups in total. The van der Waals surface area contributed by atoms with E-state index in [1.807, 2.05) is 0 Å². The molecule has 1 heteroatoms. The van der Waals surface area contributed by atoms with Crippen molar-refractivity contribution in [2.24, 2.45) is 0 Å². The van der Waals surface area contributed by atoms with Gasteiger partial charge >= 0.3 is 0 Å². The average Bonchev–Trinajstić information content (AvgIpc) is 2.32. The highest BCUT2D eigenvalue weighted by Gasteiger charge is 2.26. The van der Waals surface area contributed by atoms with Gasteiger partial charge in [0.2, 0.25) is 0 Å². The molecular weight excluding hydrogens is 134 g/mol. The predicted molar refractivity (Wildman–Crippen MR) is 47.5 cm³/mol. The van der Waals surface area contributed by atoms with Crippen LogP contribution in [0.2, 0.25) is 0 Å². The van der Waals surface area contributed by atoms with E-state index < -0.39 is 0 Å². The summed E-state index contributed by atoms with van der Waals surface area (Å²) in [5.41, 5.74) is 3.10. The first-order chi connectivity index (χ1) is 5.27. The van der Waals surface area contributed by atoms with Crippen molar-refractivity contribution in [3.05, 3.63) is 23.3 Å². The SMILES string of the molecule is CC1=CCC2C(=C1)CCN2C. The smallest absolute Gasteiger partial charge is 0.0342 e. The maximum Gasteiger partial charge on any atom is 0.0342 e. The first-order valence-corrected chi connectivity index (χ1v) is 4.35. The Hall–Kier alpha value is -0.560. The molecule has 2 aliphatic rings. The molecule has 0 aromatic heterocycles. The van der Waals surface area contributed by atoms with Gasteiger partial charge in [-0.25, -0.2) is 0 Å². The van der Waals surface area contributed by atoms with Crippen molar-refractivity contribution in [3.63, 3.8) is 0 Å². The molecule has 1 unspecified atom stereocenters.